The van der Waals surface area contributed by atoms with E-state index in [0.29, 0.717) is 5.82 Å². The van der Waals surface area contributed by atoms with E-state index in [9.17, 15) is 0 Å². The Kier molecular flexibility index (Phi) is 6.49. The summed E-state index contributed by atoms with van der Waals surface area (Å²) in [6.45, 7) is 12.8. The molecule has 1 aliphatic carbocycles. The van der Waals surface area contributed by atoms with E-state index in [4.69, 9.17) is 7.85 Å². The average molecular weight is 316 g/mol. The molecule has 1 saturated carbocycles. The minimum absolute atomic E-state index is 0.467. The molecule has 0 N–H and O–H groups in total. The van der Waals surface area contributed by atoms with Crippen LogP contribution in [0, 0.1) is 23.7 Å². The average Bonchev–Trinajstić information content (AvgIpc) is 2.76. The van der Waals surface area contributed by atoms with Gasteiger partial charge in [-0.05, 0) is 101 Å². The second-order valence-corrected chi connectivity index (χ2v) is 8.92. The van der Waals surface area contributed by atoms with Crippen LogP contribution in [0.1, 0.15) is 58.8 Å². The molecule has 2 radical (unpaired) electrons. The lowest BCUT2D eigenvalue weighted by molar-refractivity contribution is 0.0371. The van der Waals surface area contributed by atoms with Crippen molar-refractivity contribution in [1.29, 1.82) is 0 Å². The van der Waals surface area contributed by atoms with Crippen molar-refractivity contribution >= 4 is 7.85 Å². The highest BCUT2D eigenvalue weighted by atomic mass is 15.1. The molecular weight excluding hydrogens is 279 g/mol. The highest BCUT2D eigenvalue weighted by molar-refractivity contribution is 6.11. The zero-order valence-corrected chi connectivity index (χ0v) is 15.6. The smallest absolute Gasteiger partial charge is 0.0700 e. The maximum atomic E-state index is 6.01. The van der Waals surface area contributed by atoms with Crippen molar-refractivity contribution in [2.45, 2.75) is 64.6 Å². The first-order valence-electron chi connectivity index (χ1n) is 10.3. The maximum Gasteiger partial charge on any atom is 0.0700 e. The molecule has 23 heavy (non-hydrogen) atoms. The lowest BCUT2D eigenvalue weighted by Gasteiger charge is -2.46. The summed E-state index contributed by atoms with van der Waals surface area (Å²) in [6, 6.07) is 0. The fourth-order valence-corrected chi connectivity index (χ4v) is 4.99. The molecule has 2 aliphatic heterocycles. The predicted molar refractivity (Wildman–Crippen MR) is 100 cm³/mol. The summed E-state index contributed by atoms with van der Waals surface area (Å²) < 4.78 is 0. The van der Waals surface area contributed by atoms with Gasteiger partial charge in [-0.15, -0.1) is 0 Å². The number of rotatable bonds is 5. The first-order valence-corrected chi connectivity index (χ1v) is 10.3. The Bertz CT molecular complexity index is 354. The van der Waals surface area contributed by atoms with E-state index in [-0.39, 0.29) is 0 Å². The molecule has 0 aromatic carbocycles. The summed E-state index contributed by atoms with van der Waals surface area (Å²) in [7, 11) is 6.01. The first-order chi connectivity index (χ1) is 11.1. The van der Waals surface area contributed by atoms with Crippen LogP contribution in [0.5, 0.6) is 0 Å². The predicted octanol–water partition coefficient (Wildman–Crippen LogP) is 3.82. The molecular formula is C20H37BN2. The Balaban J connectivity index is 1.33. The molecule has 0 amide bonds. The van der Waals surface area contributed by atoms with Crippen LogP contribution in [0.4, 0.5) is 0 Å². The SMILES string of the molecule is [B]C1CCN(CCC2CC(CN3CCCC(C)CC3)C2C)CC1. The third-order valence-electron chi connectivity index (χ3n) is 7.14. The van der Waals surface area contributed by atoms with Crippen molar-refractivity contribution in [2.75, 3.05) is 39.3 Å². The molecule has 4 unspecified atom stereocenters. The van der Waals surface area contributed by atoms with Gasteiger partial charge in [0.1, 0.15) is 0 Å². The molecule has 3 fully saturated rings. The van der Waals surface area contributed by atoms with Crippen molar-refractivity contribution in [3.8, 4) is 0 Å². The van der Waals surface area contributed by atoms with Crippen molar-refractivity contribution in [1.82, 2.24) is 9.80 Å². The number of piperidine rings is 1. The Morgan fingerprint density at radius 1 is 0.870 bits per heavy atom. The highest BCUT2D eigenvalue weighted by Crippen LogP contribution is 2.43. The van der Waals surface area contributed by atoms with Crippen LogP contribution in [0.15, 0.2) is 0 Å². The third kappa shape index (κ3) is 4.98. The van der Waals surface area contributed by atoms with Crippen LogP contribution in [0.25, 0.3) is 0 Å². The molecule has 0 spiro atoms. The van der Waals surface area contributed by atoms with Gasteiger partial charge in [0.2, 0.25) is 0 Å². The monoisotopic (exact) mass is 316 g/mol. The first kappa shape index (κ1) is 17.8. The van der Waals surface area contributed by atoms with Gasteiger partial charge in [0, 0.05) is 6.54 Å². The molecule has 2 saturated heterocycles. The van der Waals surface area contributed by atoms with E-state index in [0.717, 1.165) is 23.7 Å². The molecule has 0 aromatic rings. The zero-order valence-electron chi connectivity index (χ0n) is 15.6. The van der Waals surface area contributed by atoms with Crippen LogP contribution >= 0.6 is 0 Å². The fourth-order valence-electron chi connectivity index (χ4n) is 4.99. The number of likely N-dealkylation sites (tertiary alicyclic amines) is 2. The van der Waals surface area contributed by atoms with Gasteiger partial charge in [-0.2, -0.15) is 0 Å². The fraction of sp³-hybridized carbons (Fsp3) is 1.00. The van der Waals surface area contributed by atoms with Gasteiger partial charge in [0.25, 0.3) is 0 Å². The molecule has 0 bridgehead atoms. The minimum Gasteiger partial charge on any atom is -0.303 e. The molecule has 3 heteroatoms. The molecule has 3 aliphatic rings. The molecule has 4 atom stereocenters. The summed E-state index contributed by atoms with van der Waals surface area (Å²) in [5.41, 5.74) is 0. The Morgan fingerprint density at radius 3 is 2.35 bits per heavy atom. The molecule has 3 rings (SSSR count). The van der Waals surface area contributed by atoms with Crippen LogP contribution in [0.3, 0.4) is 0 Å². The van der Waals surface area contributed by atoms with Crippen molar-refractivity contribution in [3.05, 3.63) is 0 Å². The maximum absolute atomic E-state index is 6.01. The molecule has 130 valence electrons. The van der Waals surface area contributed by atoms with Crippen LogP contribution in [0.2, 0.25) is 5.82 Å². The molecule has 0 aromatic heterocycles. The van der Waals surface area contributed by atoms with Crippen molar-refractivity contribution < 1.29 is 0 Å². The molecule has 2 heterocycles. The van der Waals surface area contributed by atoms with Gasteiger partial charge < -0.3 is 9.80 Å². The second-order valence-electron chi connectivity index (χ2n) is 8.92. The minimum atomic E-state index is 0.467. The highest BCUT2D eigenvalue weighted by Gasteiger charge is 2.38. The van der Waals surface area contributed by atoms with Crippen molar-refractivity contribution in [3.63, 3.8) is 0 Å². The van der Waals surface area contributed by atoms with Crippen LogP contribution in [-0.2, 0) is 0 Å². The lowest BCUT2D eigenvalue weighted by atomic mass is 9.64. The topological polar surface area (TPSA) is 6.48 Å². The lowest BCUT2D eigenvalue weighted by Crippen LogP contribution is -2.44. The largest absolute Gasteiger partial charge is 0.303 e. The zero-order chi connectivity index (χ0) is 16.2. The summed E-state index contributed by atoms with van der Waals surface area (Å²) in [4.78, 5) is 5.42. The number of hydrogen-bond acceptors (Lipinski definition) is 2. The van der Waals surface area contributed by atoms with Gasteiger partial charge in [-0.3, -0.25) is 0 Å². The van der Waals surface area contributed by atoms with E-state index >= 15 is 0 Å². The second kappa shape index (κ2) is 8.38. The van der Waals surface area contributed by atoms with Crippen LogP contribution < -0.4 is 0 Å². The summed E-state index contributed by atoms with van der Waals surface area (Å²) in [6.07, 6.45) is 9.60. The van der Waals surface area contributed by atoms with Gasteiger partial charge in [-0.25, -0.2) is 0 Å². The third-order valence-corrected chi connectivity index (χ3v) is 7.14. The van der Waals surface area contributed by atoms with E-state index < -0.39 is 0 Å². The van der Waals surface area contributed by atoms with Crippen LogP contribution in [-0.4, -0.2) is 56.9 Å². The van der Waals surface area contributed by atoms with Gasteiger partial charge >= 0.3 is 0 Å². The molecule has 2 nitrogen and oxygen atoms in total. The van der Waals surface area contributed by atoms with E-state index in [1.165, 1.54) is 84.2 Å². The standard InChI is InChI=1S/C20H37BN2/c1-16-4-3-9-23(10-5-16)15-19-14-18(17(19)2)6-11-22-12-7-20(21)8-13-22/h16-20H,3-15H2,1-2H3. The number of hydrogen-bond donors (Lipinski definition) is 0. The summed E-state index contributed by atoms with van der Waals surface area (Å²) in [5.74, 6) is 4.33. The normalized spacial score (nSPS) is 38.2. The van der Waals surface area contributed by atoms with Gasteiger partial charge in [0.05, 0.1) is 7.85 Å². The quantitative estimate of drug-likeness (QED) is 0.711. The van der Waals surface area contributed by atoms with E-state index in [2.05, 4.69) is 23.6 Å². The van der Waals surface area contributed by atoms with E-state index in [1.54, 1.807) is 0 Å². The summed E-state index contributed by atoms with van der Waals surface area (Å²) in [5, 5.41) is 0. The van der Waals surface area contributed by atoms with Crippen molar-refractivity contribution in [2.24, 2.45) is 23.7 Å². The van der Waals surface area contributed by atoms with Gasteiger partial charge in [0.15, 0.2) is 0 Å². The Labute approximate surface area is 145 Å². The van der Waals surface area contributed by atoms with E-state index in [1.807, 2.05) is 0 Å². The number of nitrogens with zero attached hydrogens (tertiary/aromatic N) is 2. The summed E-state index contributed by atoms with van der Waals surface area (Å²) >= 11 is 0. The Hall–Kier alpha value is -0.0151. The van der Waals surface area contributed by atoms with Gasteiger partial charge in [-0.1, -0.05) is 19.7 Å². The Morgan fingerprint density at radius 2 is 1.61 bits per heavy atom.